The summed E-state index contributed by atoms with van der Waals surface area (Å²) < 4.78 is 17.6. The van der Waals surface area contributed by atoms with Gasteiger partial charge in [-0.3, -0.25) is 4.79 Å². The average molecular weight is 617 g/mol. The summed E-state index contributed by atoms with van der Waals surface area (Å²) in [5, 5.41) is 36.8. The first kappa shape index (κ1) is 33.1. The maximum Gasteiger partial charge on any atom is 0.159 e. The van der Waals surface area contributed by atoms with Gasteiger partial charge in [-0.25, -0.2) is 0 Å². The molecule has 0 aromatic rings. The zero-order valence-electron chi connectivity index (χ0n) is 28.1. The molecular formula is C37H60O7. The molecule has 1 heterocycles. The van der Waals surface area contributed by atoms with Gasteiger partial charge in [-0.2, -0.15) is 0 Å². The molecule has 12 atom stereocenters. The molecule has 1 saturated heterocycles. The molecule has 0 aromatic carbocycles. The Morgan fingerprint density at radius 1 is 1.05 bits per heavy atom. The number of aliphatic hydroxyl groups is 3. The van der Waals surface area contributed by atoms with Crippen molar-refractivity contribution in [1.82, 2.24) is 0 Å². The van der Waals surface area contributed by atoms with Crippen molar-refractivity contribution in [2.75, 3.05) is 26.9 Å². The predicted octanol–water partition coefficient (Wildman–Crippen LogP) is 5.62. The third-order valence-corrected chi connectivity index (χ3v) is 14.4. The second-order valence-corrected chi connectivity index (χ2v) is 16.5. The van der Waals surface area contributed by atoms with E-state index in [4.69, 9.17) is 14.2 Å². The van der Waals surface area contributed by atoms with Crippen LogP contribution in [0.2, 0.25) is 0 Å². The number of carbonyl (C=O) groups is 1. The Hall–Kier alpha value is -0.830. The number of methoxy groups -OCH3 is 1. The average Bonchev–Trinajstić information content (AvgIpc) is 3.52. The molecule has 1 aliphatic heterocycles. The zero-order chi connectivity index (χ0) is 31.5. The molecule has 4 saturated carbocycles. The highest BCUT2D eigenvalue weighted by atomic mass is 16.5. The van der Waals surface area contributed by atoms with Crippen LogP contribution in [0.4, 0.5) is 0 Å². The summed E-state index contributed by atoms with van der Waals surface area (Å²) in [7, 11) is 1.70. The van der Waals surface area contributed by atoms with Crippen molar-refractivity contribution in [3.63, 3.8) is 0 Å². The fourth-order valence-electron chi connectivity index (χ4n) is 11.7. The molecule has 250 valence electrons. The van der Waals surface area contributed by atoms with Crippen LogP contribution < -0.4 is 0 Å². The maximum atomic E-state index is 13.8. The molecule has 7 heteroatoms. The summed E-state index contributed by atoms with van der Waals surface area (Å²) in [6.45, 7) is 10.3. The van der Waals surface area contributed by atoms with Crippen molar-refractivity contribution >= 4 is 5.78 Å². The van der Waals surface area contributed by atoms with E-state index in [1.807, 2.05) is 0 Å². The van der Waals surface area contributed by atoms with Crippen LogP contribution in [0.5, 0.6) is 0 Å². The fraction of sp³-hybridized carbons (Fsp3) is 0.919. The molecule has 0 unspecified atom stereocenters. The summed E-state index contributed by atoms with van der Waals surface area (Å²) in [4.78, 5) is 13.8. The fourth-order valence-corrected chi connectivity index (χ4v) is 11.7. The largest absolute Gasteiger partial charge is 0.387 e. The highest BCUT2D eigenvalue weighted by Crippen LogP contribution is 2.69. The van der Waals surface area contributed by atoms with Gasteiger partial charge >= 0.3 is 0 Å². The Kier molecular flexibility index (Phi) is 9.26. The molecular weight excluding hydrogens is 556 g/mol. The molecule has 0 spiro atoms. The number of aliphatic hydroxyl groups excluding tert-OH is 1. The van der Waals surface area contributed by atoms with Crippen LogP contribution in [-0.4, -0.2) is 77.5 Å². The SMILES string of the molecule is COCCCO[C@H]1CC[C@@]2(C)[C@@H](C1)C(=O)C=C1[C@@H]2CC[C@]2(C)[C@@H]([C@](C)(O)[C@H](O)[C@H]3OC[C@H](C4CCCCC4)[C@H]3C)CC[C@@]12O. The first-order valence-corrected chi connectivity index (χ1v) is 18.0. The minimum absolute atomic E-state index is 0.0890. The molecule has 3 N–H and O–H groups in total. The quantitative estimate of drug-likeness (QED) is 0.289. The first-order chi connectivity index (χ1) is 20.9. The number of hydrogen-bond acceptors (Lipinski definition) is 7. The monoisotopic (exact) mass is 616 g/mol. The smallest absolute Gasteiger partial charge is 0.159 e. The van der Waals surface area contributed by atoms with Crippen LogP contribution in [0, 0.1) is 46.3 Å². The normalized spacial score (nSPS) is 46.5. The van der Waals surface area contributed by atoms with Gasteiger partial charge in [0.2, 0.25) is 0 Å². The second-order valence-electron chi connectivity index (χ2n) is 16.5. The van der Waals surface area contributed by atoms with Gasteiger partial charge in [0, 0.05) is 31.7 Å². The van der Waals surface area contributed by atoms with Gasteiger partial charge in [0.15, 0.2) is 5.78 Å². The number of allylic oxidation sites excluding steroid dienone is 1. The third-order valence-electron chi connectivity index (χ3n) is 14.4. The standard InChI is InChI=1S/C37H60O7/c1-23-26(24-10-7-6-8-11-24)22-44-32(23)33(39)36(4,40)31-14-17-37(41)28-21-30(38)29-20-25(43-19-9-18-42-5)12-15-34(29,2)27(28)13-16-35(31,37)3/h21,23-27,29,31-33,39-41H,6-20,22H2,1-5H3/t23-,25+,26+,27+,29+,31+,32+,33-,34-,35-,36+,37-/m1/s1. The number of rotatable bonds is 9. The van der Waals surface area contributed by atoms with Crippen LogP contribution >= 0.6 is 0 Å². The number of fused-ring (bicyclic) bond motifs is 5. The van der Waals surface area contributed by atoms with Gasteiger partial charge in [0.1, 0.15) is 6.10 Å². The van der Waals surface area contributed by atoms with E-state index in [1.54, 1.807) is 20.1 Å². The zero-order valence-corrected chi connectivity index (χ0v) is 28.1. The second kappa shape index (κ2) is 12.3. The Balaban J connectivity index is 1.19. The highest BCUT2D eigenvalue weighted by molar-refractivity contribution is 5.95. The molecule has 6 rings (SSSR count). The summed E-state index contributed by atoms with van der Waals surface area (Å²) in [6, 6.07) is 0. The Morgan fingerprint density at radius 3 is 2.52 bits per heavy atom. The lowest BCUT2D eigenvalue weighted by atomic mass is 9.46. The summed E-state index contributed by atoms with van der Waals surface area (Å²) in [5.41, 5.74) is -2.54. The van der Waals surface area contributed by atoms with Crippen LogP contribution in [0.1, 0.15) is 111 Å². The molecule has 44 heavy (non-hydrogen) atoms. The molecule has 0 amide bonds. The Morgan fingerprint density at radius 2 is 1.80 bits per heavy atom. The molecule has 0 radical (unpaired) electrons. The van der Waals surface area contributed by atoms with E-state index in [0.717, 1.165) is 44.1 Å². The van der Waals surface area contributed by atoms with Crippen LogP contribution in [0.3, 0.4) is 0 Å². The van der Waals surface area contributed by atoms with Crippen LogP contribution in [-0.2, 0) is 19.0 Å². The van der Waals surface area contributed by atoms with Crippen LogP contribution in [0.25, 0.3) is 0 Å². The predicted molar refractivity (Wildman–Crippen MR) is 169 cm³/mol. The lowest BCUT2D eigenvalue weighted by molar-refractivity contribution is -0.193. The molecule has 5 aliphatic carbocycles. The maximum absolute atomic E-state index is 13.8. The van der Waals surface area contributed by atoms with Gasteiger partial charge in [-0.1, -0.05) is 52.9 Å². The van der Waals surface area contributed by atoms with E-state index in [9.17, 15) is 20.1 Å². The van der Waals surface area contributed by atoms with Gasteiger partial charge in [0.05, 0.1) is 30.0 Å². The van der Waals surface area contributed by atoms with Crippen molar-refractivity contribution in [2.24, 2.45) is 46.3 Å². The van der Waals surface area contributed by atoms with E-state index in [-0.39, 0.29) is 41.0 Å². The van der Waals surface area contributed by atoms with E-state index >= 15 is 0 Å². The molecule has 7 nitrogen and oxygen atoms in total. The Bertz CT molecular complexity index is 1080. The van der Waals surface area contributed by atoms with Crippen LogP contribution in [0.15, 0.2) is 11.6 Å². The van der Waals surface area contributed by atoms with E-state index in [2.05, 4.69) is 20.8 Å². The van der Waals surface area contributed by atoms with Crippen molar-refractivity contribution < 1.29 is 34.3 Å². The summed E-state index contributed by atoms with van der Waals surface area (Å²) >= 11 is 0. The van der Waals surface area contributed by atoms with Gasteiger partial charge in [0.25, 0.3) is 0 Å². The molecule has 0 aromatic heterocycles. The topological polar surface area (TPSA) is 105 Å². The van der Waals surface area contributed by atoms with Gasteiger partial charge in [-0.05, 0) is 105 Å². The van der Waals surface area contributed by atoms with Gasteiger partial charge < -0.3 is 29.5 Å². The summed E-state index contributed by atoms with van der Waals surface area (Å²) in [5.74, 6) is 1.11. The van der Waals surface area contributed by atoms with Crippen molar-refractivity contribution in [1.29, 1.82) is 0 Å². The van der Waals surface area contributed by atoms with Gasteiger partial charge in [-0.15, -0.1) is 0 Å². The van der Waals surface area contributed by atoms with Crippen molar-refractivity contribution in [3.05, 3.63) is 11.6 Å². The van der Waals surface area contributed by atoms with E-state index in [1.165, 1.54) is 32.1 Å². The summed E-state index contributed by atoms with van der Waals surface area (Å²) in [6.07, 6.45) is 13.0. The number of hydrogen-bond donors (Lipinski definition) is 3. The van der Waals surface area contributed by atoms with E-state index < -0.39 is 28.8 Å². The minimum Gasteiger partial charge on any atom is -0.387 e. The number of carbonyl (C=O) groups excluding carboxylic acids is 1. The number of ether oxygens (including phenoxy) is 3. The molecule has 6 aliphatic rings. The van der Waals surface area contributed by atoms with E-state index in [0.29, 0.717) is 44.5 Å². The Labute approximate surface area is 265 Å². The molecule has 0 bridgehead atoms. The third kappa shape index (κ3) is 5.19. The number of ketones is 1. The van der Waals surface area contributed by atoms with Crippen molar-refractivity contribution in [3.8, 4) is 0 Å². The lowest BCUT2D eigenvalue weighted by Crippen LogP contribution is -2.63. The minimum atomic E-state index is -1.42. The first-order valence-electron chi connectivity index (χ1n) is 18.0. The molecule has 5 fully saturated rings. The highest BCUT2D eigenvalue weighted by Gasteiger charge is 2.69. The van der Waals surface area contributed by atoms with Crippen molar-refractivity contribution in [2.45, 2.75) is 141 Å². The lowest BCUT2D eigenvalue weighted by Gasteiger charge is -2.60.